The Hall–Kier alpha value is -2.41. The van der Waals surface area contributed by atoms with E-state index in [9.17, 15) is 4.79 Å². The van der Waals surface area contributed by atoms with Crippen molar-refractivity contribution in [1.82, 2.24) is 4.57 Å². The van der Waals surface area contributed by atoms with Crippen LogP contribution in [0.3, 0.4) is 0 Å². The summed E-state index contributed by atoms with van der Waals surface area (Å²) in [6, 6.07) is 6.99. The minimum absolute atomic E-state index is 0.0902. The highest BCUT2D eigenvalue weighted by molar-refractivity contribution is 5.93. The lowest BCUT2D eigenvalue weighted by atomic mass is 10.1. The number of anilines is 2. The van der Waals surface area contributed by atoms with Crippen molar-refractivity contribution in [1.29, 1.82) is 0 Å². The average Bonchev–Trinajstić information content (AvgIpc) is 2.35. The molecule has 0 saturated carbocycles. The van der Waals surface area contributed by atoms with Gasteiger partial charge in [-0.15, -0.1) is 6.42 Å². The van der Waals surface area contributed by atoms with Crippen LogP contribution in [0.15, 0.2) is 29.1 Å². The molecule has 0 aliphatic rings. The highest BCUT2D eigenvalue weighted by Gasteiger charge is 2.16. The fourth-order valence-electron chi connectivity index (χ4n) is 1.95. The number of terminal acetylenes is 1. The summed E-state index contributed by atoms with van der Waals surface area (Å²) >= 11 is 0. The highest BCUT2D eigenvalue weighted by atomic mass is 16.1. The first-order valence-corrected chi connectivity index (χ1v) is 5.99. The van der Waals surface area contributed by atoms with E-state index in [-0.39, 0.29) is 5.56 Å². The lowest BCUT2D eigenvalue weighted by Gasteiger charge is -2.22. The van der Waals surface area contributed by atoms with Crippen molar-refractivity contribution in [3.63, 3.8) is 0 Å². The number of nitrogens with zero attached hydrogens (tertiary/aromatic N) is 1. The Balaban J connectivity index is 2.74. The fraction of sp³-hybridized carbons (Fsp3) is 0.267. The van der Waals surface area contributed by atoms with Crippen LogP contribution < -0.4 is 16.6 Å². The van der Waals surface area contributed by atoms with Gasteiger partial charge in [-0.3, -0.25) is 4.79 Å². The predicted octanol–water partition coefficient (Wildman–Crippen LogP) is 1.94. The van der Waals surface area contributed by atoms with E-state index in [1.165, 1.54) is 0 Å². The number of nitrogen functional groups attached to an aromatic ring is 1. The maximum Gasteiger partial charge on any atom is 0.252 e. The van der Waals surface area contributed by atoms with Crippen LogP contribution in [-0.2, 0) is 7.05 Å². The number of rotatable bonds is 2. The van der Waals surface area contributed by atoms with Crippen LogP contribution in [0.2, 0.25) is 0 Å². The molecule has 19 heavy (non-hydrogen) atoms. The zero-order chi connectivity index (χ0) is 14.2. The van der Waals surface area contributed by atoms with Gasteiger partial charge in [-0.05, 0) is 32.0 Å². The summed E-state index contributed by atoms with van der Waals surface area (Å²) in [5.74, 6) is 2.65. The summed E-state index contributed by atoms with van der Waals surface area (Å²) < 4.78 is 1.59. The van der Waals surface area contributed by atoms with Crippen molar-refractivity contribution >= 4 is 22.3 Å². The van der Waals surface area contributed by atoms with Gasteiger partial charge in [0.05, 0.1) is 16.7 Å². The lowest BCUT2D eigenvalue weighted by Crippen LogP contribution is -2.30. The van der Waals surface area contributed by atoms with Gasteiger partial charge in [0.1, 0.15) is 0 Å². The number of aryl methyl sites for hydroxylation is 1. The number of hydrogen-bond acceptors (Lipinski definition) is 3. The fourth-order valence-corrected chi connectivity index (χ4v) is 1.95. The molecule has 0 fully saturated rings. The minimum Gasteiger partial charge on any atom is -0.399 e. The molecule has 0 aliphatic carbocycles. The molecule has 2 aromatic rings. The molecule has 1 aromatic heterocycles. The van der Waals surface area contributed by atoms with Crippen molar-refractivity contribution in [3.05, 3.63) is 34.6 Å². The second kappa shape index (κ2) is 4.36. The number of benzene rings is 1. The first kappa shape index (κ1) is 13.0. The molecule has 98 valence electrons. The Morgan fingerprint density at radius 1 is 1.37 bits per heavy atom. The van der Waals surface area contributed by atoms with E-state index in [1.807, 2.05) is 26.0 Å². The number of aromatic nitrogens is 1. The van der Waals surface area contributed by atoms with E-state index in [0.29, 0.717) is 11.4 Å². The van der Waals surface area contributed by atoms with Crippen LogP contribution in [-0.4, -0.2) is 10.1 Å². The van der Waals surface area contributed by atoms with Crippen molar-refractivity contribution in [3.8, 4) is 12.3 Å². The van der Waals surface area contributed by atoms with Gasteiger partial charge in [0.15, 0.2) is 0 Å². The van der Waals surface area contributed by atoms with E-state index in [1.54, 1.807) is 23.7 Å². The van der Waals surface area contributed by atoms with Crippen LogP contribution in [0.4, 0.5) is 11.4 Å². The number of nitrogens with two attached hydrogens (primary N) is 1. The third-order valence-corrected chi connectivity index (χ3v) is 3.08. The maximum atomic E-state index is 12.0. The molecule has 4 heteroatoms. The Morgan fingerprint density at radius 3 is 2.68 bits per heavy atom. The van der Waals surface area contributed by atoms with E-state index < -0.39 is 5.54 Å². The summed E-state index contributed by atoms with van der Waals surface area (Å²) in [6.45, 7) is 3.76. The van der Waals surface area contributed by atoms with Gasteiger partial charge in [-0.2, -0.15) is 0 Å². The quantitative estimate of drug-likeness (QED) is 0.637. The van der Waals surface area contributed by atoms with Crippen molar-refractivity contribution < 1.29 is 0 Å². The number of fused-ring (bicyclic) bond motifs is 1. The third kappa shape index (κ3) is 2.41. The van der Waals surface area contributed by atoms with Gasteiger partial charge in [0.25, 0.3) is 5.56 Å². The summed E-state index contributed by atoms with van der Waals surface area (Å²) in [4.78, 5) is 12.0. The van der Waals surface area contributed by atoms with Gasteiger partial charge in [0.2, 0.25) is 0 Å². The second-order valence-corrected chi connectivity index (χ2v) is 5.13. The number of hydrogen-bond donors (Lipinski definition) is 2. The zero-order valence-electron chi connectivity index (χ0n) is 11.3. The van der Waals surface area contributed by atoms with Gasteiger partial charge in [-0.1, -0.05) is 5.92 Å². The predicted molar refractivity (Wildman–Crippen MR) is 80.1 cm³/mol. The summed E-state index contributed by atoms with van der Waals surface area (Å²) in [7, 11) is 1.73. The largest absolute Gasteiger partial charge is 0.399 e. The van der Waals surface area contributed by atoms with Crippen LogP contribution in [0.5, 0.6) is 0 Å². The lowest BCUT2D eigenvalue weighted by molar-refractivity contribution is 0.741. The number of nitrogens with one attached hydrogen (secondary N) is 1. The first-order chi connectivity index (χ1) is 8.84. The molecule has 1 heterocycles. The van der Waals surface area contributed by atoms with Crippen LogP contribution in [0, 0.1) is 12.3 Å². The smallest absolute Gasteiger partial charge is 0.252 e. The normalized spacial score (nSPS) is 11.3. The molecule has 0 spiro atoms. The van der Waals surface area contributed by atoms with Crippen molar-refractivity contribution in [2.24, 2.45) is 7.05 Å². The van der Waals surface area contributed by atoms with Gasteiger partial charge in [0, 0.05) is 24.2 Å². The Morgan fingerprint density at radius 2 is 2.05 bits per heavy atom. The molecular weight excluding hydrogens is 238 g/mol. The highest BCUT2D eigenvalue weighted by Crippen LogP contribution is 2.25. The van der Waals surface area contributed by atoms with Crippen molar-refractivity contribution in [2.45, 2.75) is 19.4 Å². The van der Waals surface area contributed by atoms with Gasteiger partial charge >= 0.3 is 0 Å². The van der Waals surface area contributed by atoms with E-state index in [4.69, 9.17) is 12.2 Å². The second-order valence-electron chi connectivity index (χ2n) is 5.13. The SMILES string of the molecule is C#CC(C)(C)Nc1cc(=O)n(C)c2ccc(N)cc12. The Bertz CT molecular complexity index is 735. The summed E-state index contributed by atoms with van der Waals surface area (Å²) in [5, 5.41) is 4.08. The molecule has 0 atom stereocenters. The molecule has 0 amide bonds. The van der Waals surface area contributed by atoms with Crippen molar-refractivity contribution in [2.75, 3.05) is 11.1 Å². The first-order valence-electron chi connectivity index (χ1n) is 5.99. The molecule has 0 unspecified atom stereocenters. The molecule has 4 nitrogen and oxygen atoms in total. The Labute approximate surface area is 112 Å². The minimum atomic E-state index is -0.538. The zero-order valence-corrected chi connectivity index (χ0v) is 11.3. The molecule has 0 saturated heterocycles. The van der Waals surface area contributed by atoms with Crippen LogP contribution in [0.25, 0.3) is 10.9 Å². The van der Waals surface area contributed by atoms with Crippen LogP contribution >= 0.6 is 0 Å². The number of pyridine rings is 1. The molecule has 2 rings (SSSR count). The average molecular weight is 255 g/mol. The molecular formula is C15H17N3O. The van der Waals surface area contributed by atoms with E-state index in [0.717, 1.165) is 10.9 Å². The summed E-state index contributed by atoms with van der Waals surface area (Å²) in [6.07, 6.45) is 5.48. The molecule has 1 aromatic carbocycles. The molecule has 3 N–H and O–H groups in total. The topological polar surface area (TPSA) is 60.0 Å². The summed E-state index contributed by atoms with van der Waals surface area (Å²) in [5.41, 5.74) is 7.36. The third-order valence-electron chi connectivity index (χ3n) is 3.08. The van der Waals surface area contributed by atoms with E-state index >= 15 is 0 Å². The Kier molecular flexibility index (Phi) is 2.99. The maximum absolute atomic E-state index is 12.0. The standard InChI is InChI=1S/C15H17N3O/c1-5-15(2,3)17-12-9-14(19)18(4)13-7-6-10(16)8-11(12)13/h1,6-9,17H,16H2,2-4H3. The molecule has 0 bridgehead atoms. The molecule has 0 radical (unpaired) electrons. The monoisotopic (exact) mass is 255 g/mol. The van der Waals surface area contributed by atoms with E-state index in [2.05, 4.69) is 11.2 Å². The van der Waals surface area contributed by atoms with Gasteiger partial charge < -0.3 is 15.6 Å². The molecule has 0 aliphatic heterocycles. The van der Waals surface area contributed by atoms with Gasteiger partial charge in [-0.25, -0.2) is 0 Å². The van der Waals surface area contributed by atoms with Crippen LogP contribution in [0.1, 0.15) is 13.8 Å².